The van der Waals surface area contributed by atoms with Crippen LogP contribution >= 0.6 is 0 Å². The number of nitrogens with zero attached hydrogens (tertiary/aromatic N) is 9. The van der Waals surface area contributed by atoms with Gasteiger partial charge in [-0.05, 0) is 65.4 Å². The maximum Gasteiger partial charge on any atom is 0.254 e. The zero-order chi connectivity index (χ0) is 22.6. The number of carbonyl (C=O) groups excluding carboxylic acids is 1. The Labute approximate surface area is 190 Å². The maximum absolute atomic E-state index is 13.0. The molecule has 5 rings (SSSR count). The van der Waals surface area contributed by atoms with E-state index < -0.39 is 0 Å². The molecule has 33 heavy (non-hydrogen) atoms. The third-order valence-electron chi connectivity index (χ3n) is 5.42. The van der Waals surface area contributed by atoms with Crippen molar-refractivity contribution in [3.05, 3.63) is 72.2 Å². The number of rotatable bonds is 5. The predicted molar refractivity (Wildman–Crippen MR) is 122 cm³/mol. The van der Waals surface area contributed by atoms with E-state index in [0.717, 1.165) is 22.9 Å². The van der Waals surface area contributed by atoms with E-state index >= 15 is 0 Å². The van der Waals surface area contributed by atoms with Crippen molar-refractivity contribution < 1.29 is 4.79 Å². The standard InChI is InChI=1S/C22H22N10O/c1-16-7-8-23-20(13-16)25-19-5-6-21(27-26-19)30-9-11-31(12-10-30)22(33)17-3-2-4-18(14-17)32-15-24-28-29-32/h2-8,13-15H,9-12H2,1H3,(H,23,25,26). The van der Waals surface area contributed by atoms with Crippen molar-refractivity contribution in [2.75, 3.05) is 36.4 Å². The Morgan fingerprint density at radius 2 is 1.85 bits per heavy atom. The third-order valence-corrected chi connectivity index (χ3v) is 5.42. The van der Waals surface area contributed by atoms with Crippen LogP contribution in [0.2, 0.25) is 0 Å². The smallest absolute Gasteiger partial charge is 0.254 e. The molecule has 1 saturated heterocycles. The Morgan fingerprint density at radius 1 is 0.970 bits per heavy atom. The minimum atomic E-state index is -0.0131. The topological polar surface area (TPSA) is 118 Å². The van der Waals surface area contributed by atoms with Gasteiger partial charge in [0.1, 0.15) is 12.1 Å². The third kappa shape index (κ3) is 4.61. The lowest BCUT2D eigenvalue weighted by molar-refractivity contribution is 0.0746. The second kappa shape index (κ2) is 8.99. The number of pyridine rings is 1. The molecular weight excluding hydrogens is 420 g/mol. The fourth-order valence-corrected chi connectivity index (χ4v) is 3.68. The molecule has 1 amide bonds. The van der Waals surface area contributed by atoms with Crippen LogP contribution in [0.1, 0.15) is 15.9 Å². The summed E-state index contributed by atoms with van der Waals surface area (Å²) in [6, 6.07) is 15.0. The van der Waals surface area contributed by atoms with E-state index in [-0.39, 0.29) is 5.91 Å². The van der Waals surface area contributed by atoms with Gasteiger partial charge in [0.15, 0.2) is 11.6 Å². The van der Waals surface area contributed by atoms with Crippen molar-refractivity contribution in [1.82, 2.24) is 40.3 Å². The highest BCUT2D eigenvalue weighted by Crippen LogP contribution is 2.18. The molecule has 4 aromatic rings. The van der Waals surface area contributed by atoms with Crippen molar-refractivity contribution in [3.63, 3.8) is 0 Å². The molecule has 0 radical (unpaired) electrons. The van der Waals surface area contributed by atoms with Crippen LogP contribution in [0.4, 0.5) is 17.5 Å². The van der Waals surface area contributed by atoms with Crippen molar-refractivity contribution in [1.29, 1.82) is 0 Å². The number of piperazine rings is 1. The van der Waals surface area contributed by atoms with Crippen LogP contribution in [0.3, 0.4) is 0 Å². The fourth-order valence-electron chi connectivity index (χ4n) is 3.68. The second-order valence-electron chi connectivity index (χ2n) is 7.70. The number of hydrogen-bond acceptors (Lipinski definition) is 9. The van der Waals surface area contributed by atoms with E-state index in [1.807, 2.05) is 54.3 Å². The van der Waals surface area contributed by atoms with Gasteiger partial charge in [-0.2, -0.15) is 0 Å². The fraction of sp³-hybridized carbons (Fsp3) is 0.227. The highest BCUT2D eigenvalue weighted by Gasteiger charge is 2.23. The molecule has 3 aromatic heterocycles. The maximum atomic E-state index is 13.0. The first-order valence-electron chi connectivity index (χ1n) is 10.6. The minimum absolute atomic E-state index is 0.0131. The first kappa shape index (κ1) is 20.5. The molecule has 166 valence electrons. The van der Waals surface area contributed by atoms with E-state index in [1.54, 1.807) is 12.3 Å². The largest absolute Gasteiger partial charge is 0.352 e. The average molecular weight is 442 g/mol. The summed E-state index contributed by atoms with van der Waals surface area (Å²) < 4.78 is 1.53. The van der Waals surface area contributed by atoms with Crippen molar-refractivity contribution >= 4 is 23.4 Å². The summed E-state index contributed by atoms with van der Waals surface area (Å²) in [5.74, 6) is 2.13. The molecule has 0 bridgehead atoms. The van der Waals surface area contributed by atoms with Gasteiger partial charge < -0.3 is 15.1 Å². The molecule has 11 nitrogen and oxygen atoms in total. The Morgan fingerprint density at radius 3 is 2.58 bits per heavy atom. The number of amides is 1. The van der Waals surface area contributed by atoms with Gasteiger partial charge in [0.25, 0.3) is 5.91 Å². The quantitative estimate of drug-likeness (QED) is 0.494. The molecule has 1 N–H and O–H groups in total. The van der Waals surface area contributed by atoms with Gasteiger partial charge >= 0.3 is 0 Å². The van der Waals surface area contributed by atoms with Crippen molar-refractivity contribution in [3.8, 4) is 5.69 Å². The Kier molecular flexibility index (Phi) is 5.58. The highest BCUT2D eigenvalue weighted by molar-refractivity contribution is 5.95. The minimum Gasteiger partial charge on any atom is -0.352 e. The van der Waals surface area contributed by atoms with Gasteiger partial charge in [-0.1, -0.05) is 6.07 Å². The Bertz CT molecular complexity index is 1230. The molecule has 0 unspecified atom stereocenters. The van der Waals surface area contributed by atoms with E-state index in [9.17, 15) is 4.79 Å². The Balaban J connectivity index is 1.19. The molecule has 0 saturated carbocycles. The molecule has 1 aliphatic heterocycles. The molecule has 0 aliphatic carbocycles. The van der Waals surface area contributed by atoms with Crippen LogP contribution in [0, 0.1) is 6.92 Å². The summed E-state index contributed by atoms with van der Waals surface area (Å²) in [7, 11) is 0. The summed E-state index contributed by atoms with van der Waals surface area (Å²) in [4.78, 5) is 21.3. The second-order valence-corrected chi connectivity index (χ2v) is 7.70. The van der Waals surface area contributed by atoms with Gasteiger partial charge in [-0.3, -0.25) is 4.79 Å². The van der Waals surface area contributed by atoms with Gasteiger partial charge in [-0.15, -0.1) is 15.3 Å². The summed E-state index contributed by atoms with van der Waals surface area (Å²) >= 11 is 0. The number of carbonyl (C=O) groups is 1. The predicted octanol–water partition coefficient (Wildman–Crippen LogP) is 1.86. The molecule has 4 heterocycles. The number of aryl methyl sites for hydroxylation is 1. The number of aromatic nitrogens is 7. The van der Waals surface area contributed by atoms with Crippen molar-refractivity contribution in [2.45, 2.75) is 6.92 Å². The molecule has 0 atom stereocenters. The van der Waals surface area contributed by atoms with Crippen LogP contribution < -0.4 is 10.2 Å². The van der Waals surface area contributed by atoms with Crippen LogP contribution in [-0.4, -0.2) is 72.4 Å². The first-order chi connectivity index (χ1) is 16.2. The number of hydrogen-bond donors (Lipinski definition) is 1. The van der Waals surface area contributed by atoms with Gasteiger partial charge in [0.2, 0.25) is 0 Å². The first-order valence-corrected chi connectivity index (χ1v) is 10.6. The molecule has 1 aliphatic rings. The van der Waals surface area contributed by atoms with E-state index in [0.29, 0.717) is 37.6 Å². The molecule has 1 aromatic carbocycles. The Hall–Kier alpha value is -4.41. The molecule has 1 fully saturated rings. The van der Waals surface area contributed by atoms with Crippen LogP contribution in [0.25, 0.3) is 5.69 Å². The lowest BCUT2D eigenvalue weighted by Gasteiger charge is -2.35. The number of tetrazole rings is 1. The zero-order valence-electron chi connectivity index (χ0n) is 18.0. The van der Waals surface area contributed by atoms with Crippen molar-refractivity contribution in [2.24, 2.45) is 0 Å². The lowest BCUT2D eigenvalue weighted by Crippen LogP contribution is -2.49. The summed E-state index contributed by atoms with van der Waals surface area (Å²) in [5, 5.41) is 22.9. The average Bonchev–Trinajstić information content (AvgIpc) is 3.40. The summed E-state index contributed by atoms with van der Waals surface area (Å²) in [6.45, 7) is 4.57. The van der Waals surface area contributed by atoms with Gasteiger partial charge in [0, 0.05) is 37.9 Å². The van der Waals surface area contributed by atoms with Crippen LogP contribution in [0.15, 0.2) is 61.1 Å². The number of nitrogens with one attached hydrogen (secondary N) is 1. The summed E-state index contributed by atoms with van der Waals surface area (Å²) in [6.07, 6.45) is 3.25. The monoisotopic (exact) mass is 442 g/mol. The zero-order valence-corrected chi connectivity index (χ0v) is 18.0. The van der Waals surface area contributed by atoms with Crippen LogP contribution in [-0.2, 0) is 0 Å². The highest BCUT2D eigenvalue weighted by atomic mass is 16.2. The van der Waals surface area contributed by atoms with Crippen LogP contribution in [0.5, 0.6) is 0 Å². The number of anilines is 3. The number of benzene rings is 1. The summed E-state index contributed by atoms with van der Waals surface area (Å²) in [5.41, 5.74) is 2.47. The van der Waals surface area contributed by atoms with Gasteiger partial charge in [-0.25, -0.2) is 9.67 Å². The van der Waals surface area contributed by atoms with E-state index in [4.69, 9.17) is 0 Å². The lowest BCUT2D eigenvalue weighted by atomic mass is 10.1. The van der Waals surface area contributed by atoms with Gasteiger partial charge in [0.05, 0.1) is 5.69 Å². The molecule has 0 spiro atoms. The van der Waals surface area contributed by atoms with E-state index in [2.05, 4.69) is 40.9 Å². The molecular formula is C22H22N10O. The normalized spacial score (nSPS) is 13.7. The van der Waals surface area contributed by atoms with E-state index in [1.165, 1.54) is 11.0 Å². The SMILES string of the molecule is Cc1ccnc(Nc2ccc(N3CCN(C(=O)c4cccc(-n5cnnn5)c4)CC3)nn2)c1. The molecule has 11 heteroatoms.